The number of aromatic nitrogens is 1. The highest BCUT2D eigenvalue weighted by molar-refractivity contribution is 6.42. The van der Waals surface area contributed by atoms with Crippen LogP contribution < -0.4 is 5.73 Å². The van der Waals surface area contributed by atoms with Crippen LogP contribution in [0.4, 0.5) is 4.79 Å². The smallest absolute Gasteiger partial charge is 0.314 e. The van der Waals surface area contributed by atoms with Crippen molar-refractivity contribution in [2.24, 2.45) is 17.1 Å². The molecule has 4 rings (SSSR count). The van der Waals surface area contributed by atoms with Crippen LogP contribution in [0.25, 0.3) is 11.1 Å². The van der Waals surface area contributed by atoms with Crippen LogP contribution in [0.3, 0.4) is 0 Å². The van der Waals surface area contributed by atoms with Gasteiger partial charge >= 0.3 is 6.03 Å². The van der Waals surface area contributed by atoms with Gasteiger partial charge in [-0.15, -0.1) is 0 Å². The number of piperidine rings is 1. The SMILES string of the molecule is CC(C)(C)[C@H]1CN(Cc2ccc(-c3ccc(Cl)c(Cl)c3)cn2)CCN1C(=O)CC1CCN(C(N)=O)CC1. The normalized spacial score (nSPS) is 19.8. The molecular formula is C28H37Cl2N5O2. The maximum Gasteiger partial charge on any atom is 0.314 e. The molecule has 0 saturated carbocycles. The molecule has 2 aliphatic heterocycles. The van der Waals surface area contributed by atoms with Crippen LogP contribution in [-0.2, 0) is 11.3 Å². The van der Waals surface area contributed by atoms with Crippen LogP contribution in [0.1, 0.15) is 45.7 Å². The number of pyridine rings is 1. The lowest BCUT2D eigenvalue weighted by Gasteiger charge is -2.47. The molecule has 2 aromatic rings. The van der Waals surface area contributed by atoms with E-state index in [0.717, 1.165) is 49.3 Å². The topological polar surface area (TPSA) is 82.8 Å². The van der Waals surface area contributed by atoms with Crippen molar-refractivity contribution in [3.05, 3.63) is 52.3 Å². The Morgan fingerprint density at radius 1 is 1.00 bits per heavy atom. The Morgan fingerprint density at radius 2 is 1.70 bits per heavy atom. The van der Waals surface area contributed by atoms with Crippen molar-refractivity contribution in [1.82, 2.24) is 19.7 Å². The Morgan fingerprint density at radius 3 is 2.30 bits per heavy atom. The van der Waals surface area contributed by atoms with E-state index in [-0.39, 0.29) is 23.4 Å². The Labute approximate surface area is 229 Å². The van der Waals surface area contributed by atoms with Gasteiger partial charge in [0.05, 0.1) is 15.7 Å². The summed E-state index contributed by atoms with van der Waals surface area (Å²) in [5.41, 5.74) is 8.33. The van der Waals surface area contributed by atoms with Crippen molar-refractivity contribution in [3.63, 3.8) is 0 Å². The van der Waals surface area contributed by atoms with E-state index < -0.39 is 0 Å². The second-order valence-corrected chi connectivity index (χ2v) is 12.2. The molecule has 0 bridgehead atoms. The average molecular weight is 547 g/mol. The molecule has 0 radical (unpaired) electrons. The molecule has 1 aromatic carbocycles. The summed E-state index contributed by atoms with van der Waals surface area (Å²) in [6, 6.07) is 9.46. The molecule has 2 aliphatic rings. The zero-order valence-corrected chi connectivity index (χ0v) is 23.4. The quantitative estimate of drug-likeness (QED) is 0.552. The summed E-state index contributed by atoms with van der Waals surface area (Å²) >= 11 is 12.2. The maximum absolute atomic E-state index is 13.4. The Balaban J connectivity index is 1.36. The standard InChI is InChI=1S/C28H37Cl2N5O2/c1-28(2,3)25-18-33(12-13-35(25)26(36)14-19-8-10-34(11-9-19)27(31)37)17-22-6-4-21(16-32-22)20-5-7-23(29)24(30)15-20/h4-7,15-16,19,25H,8-14,17-18H2,1-3H3,(H2,31,37)/t25-/m1/s1. The van der Waals surface area contributed by atoms with Crippen LogP contribution in [-0.4, -0.2) is 70.4 Å². The number of likely N-dealkylation sites (tertiary alicyclic amines) is 1. The van der Waals surface area contributed by atoms with Gasteiger partial charge in [0.15, 0.2) is 0 Å². The highest BCUT2D eigenvalue weighted by Crippen LogP contribution is 2.31. The average Bonchev–Trinajstić information content (AvgIpc) is 2.86. The van der Waals surface area contributed by atoms with Crippen molar-refractivity contribution in [2.75, 3.05) is 32.7 Å². The number of carbonyl (C=O) groups excluding carboxylic acids is 2. The molecule has 200 valence electrons. The minimum absolute atomic E-state index is 0.0468. The molecule has 1 aromatic heterocycles. The lowest BCUT2D eigenvalue weighted by Crippen LogP contribution is -2.59. The van der Waals surface area contributed by atoms with E-state index in [2.05, 4.69) is 42.7 Å². The van der Waals surface area contributed by atoms with Gasteiger partial charge < -0.3 is 15.5 Å². The first kappa shape index (κ1) is 27.7. The number of hydrogen-bond acceptors (Lipinski definition) is 4. The van der Waals surface area contributed by atoms with E-state index in [1.807, 2.05) is 18.3 Å². The van der Waals surface area contributed by atoms with Gasteiger partial charge in [-0.1, -0.05) is 56.1 Å². The van der Waals surface area contributed by atoms with E-state index >= 15 is 0 Å². The Bertz CT molecular complexity index is 1110. The van der Waals surface area contributed by atoms with Crippen molar-refractivity contribution < 1.29 is 9.59 Å². The summed E-state index contributed by atoms with van der Waals surface area (Å²) in [5, 5.41) is 1.06. The van der Waals surface area contributed by atoms with Crippen LogP contribution in [0, 0.1) is 11.3 Å². The zero-order chi connectivity index (χ0) is 26.7. The molecule has 2 saturated heterocycles. The number of carbonyl (C=O) groups is 2. The lowest BCUT2D eigenvalue weighted by molar-refractivity contribution is -0.141. The van der Waals surface area contributed by atoms with Crippen LogP contribution in [0.5, 0.6) is 0 Å². The van der Waals surface area contributed by atoms with Gasteiger partial charge in [-0.3, -0.25) is 14.7 Å². The number of hydrogen-bond donors (Lipinski definition) is 1. The summed E-state index contributed by atoms with van der Waals surface area (Å²) in [4.78, 5) is 35.7. The molecule has 2 N–H and O–H groups in total. The number of rotatable bonds is 5. The summed E-state index contributed by atoms with van der Waals surface area (Å²) < 4.78 is 0. The van der Waals surface area contributed by atoms with E-state index in [1.54, 1.807) is 11.0 Å². The fourth-order valence-electron chi connectivity index (χ4n) is 5.34. The molecule has 7 nitrogen and oxygen atoms in total. The third-order valence-corrected chi connectivity index (χ3v) is 8.38. The van der Waals surface area contributed by atoms with E-state index in [0.29, 0.717) is 42.0 Å². The van der Waals surface area contributed by atoms with Crippen molar-refractivity contribution >= 4 is 35.1 Å². The van der Waals surface area contributed by atoms with Gasteiger partial charge in [0.1, 0.15) is 0 Å². The number of urea groups is 1. The predicted molar refractivity (Wildman–Crippen MR) is 148 cm³/mol. The first-order chi connectivity index (χ1) is 17.5. The Hall–Kier alpha value is -2.35. The molecule has 3 heterocycles. The molecule has 2 fully saturated rings. The van der Waals surface area contributed by atoms with E-state index in [1.165, 1.54) is 0 Å². The van der Waals surface area contributed by atoms with Crippen LogP contribution >= 0.6 is 23.2 Å². The van der Waals surface area contributed by atoms with E-state index in [9.17, 15) is 9.59 Å². The molecule has 37 heavy (non-hydrogen) atoms. The molecule has 9 heteroatoms. The third kappa shape index (κ3) is 6.95. The van der Waals surface area contributed by atoms with Crippen LogP contribution in [0.15, 0.2) is 36.5 Å². The number of nitrogens with zero attached hydrogens (tertiary/aromatic N) is 4. The van der Waals surface area contributed by atoms with Crippen LogP contribution in [0.2, 0.25) is 10.0 Å². The van der Waals surface area contributed by atoms with Crippen molar-refractivity contribution in [2.45, 2.75) is 52.6 Å². The zero-order valence-electron chi connectivity index (χ0n) is 21.9. The van der Waals surface area contributed by atoms with Gasteiger partial charge in [0.2, 0.25) is 5.91 Å². The second kappa shape index (κ2) is 11.6. The third-order valence-electron chi connectivity index (χ3n) is 7.64. The number of halogens is 2. The largest absolute Gasteiger partial charge is 0.351 e. The first-order valence-electron chi connectivity index (χ1n) is 13.0. The minimum Gasteiger partial charge on any atom is -0.351 e. The number of benzene rings is 1. The van der Waals surface area contributed by atoms with Crippen molar-refractivity contribution in [1.29, 1.82) is 0 Å². The van der Waals surface area contributed by atoms with Gasteiger partial charge in [-0.2, -0.15) is 0 Å². The first-order valence-corrected chi connectivity index (χ1v) is 13.7. The lowest BCUT2D eigenvalue weighted by atomic mass is 9.83. The molecular weight excluding hydrogens is 509 g/mol. The summed E-state index contributed by atoms with van der Waals surface area (Å²) in [7, 11) is 0. The minimum atomic E-state index is -0.368. The monoisotopic (exact) mass is 545 g/mol. The summed E-state index contributed by atoms with van der Waals surface area (Å²) in [6.07, 6.45) is 4.08. The van der Waals surface area contributed by atoms with Gasteiger partial charge in [-0.25, -0.2) is 4.79 Å². The molecule has 3 amide bonds. The maximum atomic E-state index is 13.4. The number of nitrogens with two attached hydrogens (primary N) is 1. The highest BCUT2D eigenvalue weighted by atomic mass is 35.5. The van der Waals surface area contributed by atoms with E-state index in [4.69, 9.17) is 33.9 Å². The van der Waals surface area contributed by atoms with Gasteiger partial charge in [0.25, 0.3) is 0 Å². The van der Waals surface area contributed by atoms with Gasteiger partial charge in [-0.05, 0) is 47.9 Å². The van der Waals surface area contributed by atoms with Crippen molar-refractivity contribution in [3.8, 4) is 11.1 Å². The molecule has 0 aliphatic carbocycles. The highest BCUT2D eigenvalue weighted by Gasteiger charge is 2.38. The molecule has 0 spiro atoms. The fourth-order valence-corrected chi connectivity index (χ4v) is 5.64. The number of primary amides is 1. The predicted octanol–water partition coefficient (Wildman–Crippen LogP) is 5.30. The molecule has 1 atom stereocenters. The summed E-state index contributed by atoms with van der Waals surface area (Å²) in [5.74, 6) is 0.529. The Kier molecular flexibility index (Phi) is 8.66. The van der Waals surface area contributed by atoms with Gasteiger partial charge in [0, 0.05) is 63.5 Å². The number of amides is 3. The summed E-state index contributed by atoms with van der Waals surface area (Å²) in [6.45, 7) is 11.0. The fraction of sp³-hybridized carbons (Fsp3) is 0.536. The molecule has 0 unspecified atom stereocenters. The second-order valence-electron chi connectivity index (χ2n) is 11.3. The number of piperazine rings is 1.